The molecule has 0 spiro atoms. The Morgan fingerprint density at radius 3 is 1.88 bits per heavy atom. The highest BCUT2D eigenvalue weighted by Crippen LogP contribution is 2.33. The number of hydrogen-bond donors (Lipinski definition) is 1. The van der Waals surface area contributed by atoms with E-state index in [4.69, 9.17) is 0 Å². The van der Waals surface area contributed by atoms with Crippen LogP contribution < -0.4 is 5.32 Å². The molecule has 0 aliphatic rings. The topological polar surface area (TPSA) is 29.1 Å². The molecule has 1 amide bonds. The minimum atomic E-state index is -0.119. The van der Waals surface area contributed by atoms with Gasteiger partial charge >= 0.3 is 0 Å². The van der Waals surface area contributed by atoms with Crippen molar-refractivity contribution in [3.05, 3.63) is 65.2 Å². The van der Waals surface area contributed by atoms with E-state index < -0.39 is 0 Å². The molecule has 0 aliphatic carbocycles. The third-order valence-corrected chi connectivity index (χ3v) is 4.55. The molecule has 0 aromatic heterocycles. The van der Waals surface area contributed by atoms with Gasteiger partial charge in [0.15, 0.2) is 0 Å². The number of benzene rings is 2. The Kier molecular flexibility index (Phi) is 6.19. The van der Waals surface area contributed by atoms with E-state index in [1.54, 1.807) is 0 Å². The second-order valence-corrected chi connectivity index (χ2v) is 6.98. The van der Waals surface area contributed by atoms with Crippen LogP contribution in [0.25, 0.3) is 0 Å². The molecule has 0 aliphatic heterocycles. The lowest BCUT2D eigenvalue weighted by atomic mass is 9.91. The standard InChI is InChI=1S/C22H29NO/c1-6-18(17-11-8-7-9-12-17)22(24)23-21-19(15(2)3)13-10-14-20(21)16(4)5/h7-16,18H,6H2,1-5H3,(H,23,24). The zero-order valence-corrected chi connectivity index (χ0v) is 15.5. The minimum Gasteiger partial charge on any atom is -0.325 e. The third-order valence-electron chi connectivity index (χ3n) is 4.55. The molecule has 1 N–H and O–H groups in total. The predicted octanol–water partition coefficient (Wildman–Crippen LogP) is 6.07. The monoisotopic (exact) mass is 323 g/mol. The maximum absolute atomic E-state index is 13.0. The van der Waals surface area contributed by atoms with Crippen LogP contribution in [0.5, 0.6) is 0 Å². The maximum atomic E-state index is 13.0. The third kappa shape index (κ3) is 4.05. The SMILES string of the molecule is CCC(C(=O)Nc1c(C(C)C)cccc1C(C)C)c1ccccc1. The molecular formula is C22H29NO. The van der Waals surface area contributed by atoms with Gasteiger partial charge in [0.1, 0.15) is 0 Å². The zero-order valence-electron chi connectivity index (χ0n) is 15.5. The number of rotatable bonds is 6. The highest BCUT2D eigenvalue weighted by Gasteiger charge is 2.22. The molecule has 24 heavy (non-hydrogen) atoms. The number of hydrogen-bond acceptors (Lipinski definition) is 1. The summed E-state index contributed by atoms with van der Waals surface area (Å²) in [5, 5.41) is 3.25. The van der Waals surface area contributed by atoms with E-state index in [-0.39, 0.29) is 11.8 Å². The molecule has 2 aromatic carbocycles. The summed E-state index contributed by atoms with van der Waals surface area (Å²) < 4.78 is 0. The lowest BCUT2D eigenvalue weighted by molar-refractivity contribution is -0.117. The van der Waals surface area contributed by atoms with Gasteiger partial charge in [-0.3, -0.25) is 4.79 Å². The molecule has 1 atom stereocenters. The molecule has 0 saturated carbocycles. The van der Waals surface area contributed by atoms with Crippen LogP contribution in [0.4, 0.5) is 5.69 Å². The molecule has 2 nitrogen and oxygen atoms in total. The van der Waals surface area contributed by atoms with Crippen LogP contribution in [0.3, 0.4) is 0 Å². The summed E-state index contributed by atoms with van der Waals surface area (Å²) in [6.07, 6.45) is 0.788. The summed E-state index contributed by atoms with van der Waals surface area (Å²) in [7, 11) is 0. The molecule has 2 rings (SSSR count). The molecule has 1 unspecified atom stereocenters. The van der Waals surface area contributed by atoms with Crippen LogP contribution in [-0.4, -0.2) is 5.91 Å². The highest BCUT2D eigenvalue weighted by atomic mass is 16.1. The zero-order chi connectivity index (χ0) is 17.7. The Morgan fingerprint density at radius 1 is 0.875 bits per heavy atom. The van der Waals surface area contributed by atoms with Crippen LogP contribution >= 0.6 is 0 Å². The van der Waals surface area contributed by atoms with Crippen LogP contribution in [-0.2, 0) is 4.79 Å². The number of carbonyl (C=O) groups is 1. The van der Waals surface area contributed by atoms with Gasteiger partial charge in [-0.1, -0.05) is 83.1 Å². The van der Waals surface area contributed by atoms with Gasteiger partial charge in [-0.25, -0.2) is 0 Å². The van der Waals surface area contributed by atoms with E-state index in [0.717, 1.165) is 17.7 Å². The summed E-state index contributed by atoms with van der Waals surface area (Å²) in [6.45, 7) is 10.7. The molecule has 0 heterocycles. The highest BCUT2D eigenvalue weighted by molar-refractivity contribution is 5.97. The van der Waals surface area contributed by atoms with Gasteiger partial charge in [0.25, 0.3) is 0 Å². The van der Waals surface area contributed by atoms with Gasteiger partial charge in [0, 0.05) is 5.69 Å². The van der Waals surface area contributed by atoms with Crippen molar-refractivity contribution in [3.63, 3.8) is 0 Å². The Balaban J connectivity index is 2.37. The molecule has 0 bridgehead atoms. The molecule has 2 heteroatoms. The first kappa shape index (κ1) is 18.3. The predicted molar refractivity (Wildman–Crippen MR) is 103 cm³/mol. The largest absolute Gasteiger partial charge is 0.325 e. The van der Waals surface area contributed by atoms with Gasteiger partial charge in [-0.2, -0.15) is 0 Å². The van der Waals surface area contributed by atoms with Crippen molar-refractivity contribution in [3.8, 4) is 0 Å². The van der Waals surface area contributed by atoms with Gasteiger partial charge in [0.05, 0.1) is 5.92 Å². The van der Waals surface area contributed by atoms with Crippen molar-refractivity contribution in [2.45, 2.75) is 58.8 Å². The molecule has 2 aromatic rings. The first-order valence-electron chi connectivity index (χ1n) is 8.94. The summed E-state index contributed by atoms with van der Waals surface area (Å²) in [5.41, 5.74) is 4.49. The van der Waals surface area contributed by atoms with E-state index in [2.05, 4.69) is 58.1 Å². The van der Waals surface area contributed by atoms with Crippen molar-refractivity contribution in [1.29, 1.82) is 0 Å². The summed E-state index contributed by atoms with van der Waals surface area (Å²) >= 11 is 0. The molecular weight excluding hydrogens is 294 g/mol. The molecule has 0 radical (unpaired) electrons. The molecule has 0 fully saturated rings. The second-order valence-electron chi connectivity index (χ2n) is 6.98. The second kappa shape index (κ2) is 8.14. The summed E-state index contributed by atoms with van der Waals surface area (Å²) in [4.78, 5) is 13.0. The van der Waals surface area contributed by atoms with Gasteiger partial charge in [-0.15, -0.1) is 0 Å². The fourth-order valence-corrected chi connectivity index (χ4v) is 3.16. The fraction of sp³-hybridized carbons (Fsp3) is 0.409. The van der Waals surface area contributed by atoms with Gasteiger partial charge in [-0.05, 0) is 34.9 Å². The number of amides is 1. The van der Waals surface area contributed by atoms with Crippen molar-refractivity contribution in [1.82, 2.24) is 0 Å². The van der Waals surface area contributed by atoms with Gasteiger partial charge < -0.3 is 5.32 Å². The lowest BCUT2D eigenvalue weighted by Crippen LogP contribution is -2.22. The Hall–Kier alpha value is -2.09. The van der Waals surface area contributed by atoms with Crippen molar-refractivity contribution >= 4 is 11.6 Å². The number of carbonyl (C=O) groups excluding carboxylic acids is 1. The molecule has 0 saturated heterocycles. The first-order chi connectivity index (χ1) is 11.5. The van der Waals surface area contributed by atoms with Crippen molar-refractivity contribution < 1.29 is 4.79 Å². The smallest absolute Gasteiger partial charge is 0.231 e. The Morgan fingerprint density at radius 2 is 1.42 bits per heavy atom. The van der Waals surface area contributed by atoms with E-state index >= 15 is 0 Å². The summed E-state index contributed by atoms with van der Waals surface area (Å²) in [5.74, 6) is 0.705. The first-order valence-corrected chi connectivity index (χ1v) is 8.94. The quantitative estimate of drug-likeness (QED) is 0.687. The van der Waals surface area contributed by atoms with Crippen LogP contribution in [0.15, 0.2) is 48.5 Å². The van der Waals surface area contributed by atoms with E-state index in [1.807, 2.05) is 30.3 Å². The van der Waals surface area contributed by atoms with Crippen LogP contribution in [0, 0.1) is 0 Å². The lowest BCUT2D eigenvalue weighted by Gasteiger charge is -2.22. The van der Waals surface area contributed by atoms with E-state index in [1.165, 1.54) is 11.1 Å². The van der Waals surface area contributed by atoms with E-state index in [0.29, 0.717) is 11.8 Å². The average molecular weight is 323 g/mol. The van der Waals surface area contributed by atoms with Crippen molar-refractivity contribution in [2.75, 3.05) is 5.32 Å². The number of para-hydroxylation sites is 1. The fourth-order valence-electron chi connectivity index (χ4n) is 3.16. The number of nitrogens with one attached hydrogen (secondary N) is 1. The normalized spacial score (nSPS) is 12.5. The average Bonchev–Trinajstić information content (AvgIpc) is 2.56. The minimum absolute atomic E-state index is 0.0821. The van der Waals surface area contributed by atoms with Crippen LogP contribution in [0.2, 0.25) is 0 Å². The Bertz CT molecular complexity index is 647. The van der Waals surface area contributed by atoms with E-state index in [9.17, 15) is 4.79 Å². The Labute approximate surface area is 146 Å². The van der Waals surface area contributed by atoms with Crippen LogP contribution in [0.1, 0.15) is 75.5 Å². The number of anilines is 1. The molecule has 128 valence electrons. The maximum Gasteiger partial charge on any atom is 0.231 e. The van der Waals surface area contributed by atoms with Crippen molar-refractivity contribution in [2.24, 2.45) is 0 Å². The van der Waals surface area contributed by atoms with Gasteiger partial charge in [0.2, 0.25) is 5.91 Å². The summed E-state index contributed by atoms with van der Waals surface area (Å²) in [6, 6.07) is 16.4.